The average Bonchev–Trinajstić information content (AvgIpc) is 3.74. The zero-order valence-electron chi connectivity index (χ0n) is 31.7. The van der Waals surface area contributed by atoms with E-state index in [2.05, 4.69) is 211 Å². The standard InChI is InChI=1S/C56H37NO/c1-4-14-49-39(10-1)13-9-18-51(49)41-24-31-47(32-25-41)57(46-29-22-38(23-30-46)43-28-35-53-44(36-43)21-20-40-11-2-5-15-50(40)53)48-33-26-42(27-34-48)52-16-6-7-17-54(52)56-37-45-12-3-8-19-55(45)58-56/h1-37H. The van der Waals surface area contributed by atoms with Crippen LogP contribution in [0.1, 0.15) is 0 Å². The molecule has 2 nitrogen and oxygen atoms in total. The number of nitrogens with zero attached hydrogens (tertiary/aromatic N) is 1. The van der Waals surface area contributed by atoms with Crippen molar-refractivity contribution in [1.82, 2.24) is 0 Å². The van der Waals surface area contributed by atoms with Gasteiger partial charge in [0, 0.05) is 28.0 Å². The van der Waals surface area contributed by atoms with Crippen molar-refractivity contribution in [3.63, 3.8) is 0 Å². The predicted molar refractivity (Wildman–Crippen MR) is 245 cm³/mol. The quantitative estimate of drug-likeness (QED) is 0.151. The molecule has 0 saturated heterocycles. The molecule has 0 spiro atoms. The van der Waals surface area contributed by atoms with Crippen molar-refractivity contribution in [3.8, 4) is 44.7 Å². The maximum Gasteiger partial charge on any atom is 0.136 e. The van der Waals surface area contributed by atoms with Gasteiger partial charge in [-0.25, -0.2) is 0 Å². The van der Waals surface area contributed by atoms with Crippen molar-refractivity contribution < 1.29 is 4.42 Å². The molecule has 11 aromatic rings. The van der Waals surface area contributed by atoms with E-state index in [1.54, 1.807) is 0 Å². The van der Waals surface area contributed by atoms with Gasteiger partial charge in [0.25, 0.3) is 0 Å². The molecule has 0 amide bonds. The molecule has 0 aliphatic carbocycles. The summed E-state index contributed by atoms with van der Waals surface area (Å²) in [5, 5.41) is 8.67. The van der Waals surface area contributed by atoms with Crippen molar-refractivity contribution in [1.29, 1.82) is 0 Å². The molecule has 0 radical (unpaired) electrons. The maximum atomic E-state index is 6.33. The molecule has 0 fully saturated rings. The summed E-state index contributed by atoms with van der Waals surface area (Å²) in [5.41, 5.74) is 12.3. The first-order chi connectivity index (χ1) is 28.7. The lowest BCUT2D eigenvalue weighted by Gasteiger charge is -2.26. The number of hydrogen-bond donors (Lipinski definition) is 0. The Balaban J connectivity index is 0.974. The Morgan fingerprint density at radius 1 is 0.276 bits per heavy atom. The first-order valence-electron chi connectivity index (χ1n) is 19.8. The van der Waals surface area contributed by atoms with Crippen LogP contribution in [-0.2, 0) is 0 Å². The van der Waals surface area contributed by atoms with E-state index in [1.807, 2.05) is 18.2 Å². The summed E-state index contributed by atoms with van der Waals surface area (Å²) in [7, 11) is 0. The van der Waals surface area contributed by atoms with Crippen LogP contribution in [0, 0.1) is 0 Å². The highest BCUT2D eigenvalue weighted by Crippen LogP contribution is 2.41. The molecule has 0 aliphatic rings. The normalized spacial score (nSPS) is 11.4. The number of para-hydroxylation sites is 1. The number of benzene rings is 10. The van der Waals surface area contributed by atoms with E-state index in [0.717, 1.165) is 50.5 Å². The van der Waals surface area contributed by atoms with Crippen molar-refractivity contribution in [2.75, 3.05) is 4.90 Å². The molecule has 0 aliphatic heterocycles. The van der Waals surface area contributed by atoms with E-state index in [-0.39, 0.29) is 0 Å². The third-order valence-corrected chi connectivity index (χ3v) is 11.5. The van der Waals surface area contributed by atoms with Gasteiger partial charge in [-0.2, -0.15) is 0 Å². The molecular formula is C56H37NO. The fraction of sp³-hybridized carbons (Fsp3) is 0. The first kappa shape index (κ1) is 33.6. The minimum absolute atomic E-state index is 0.869. The third-order valence-electron chi connectivity index (χ3n) is 11.5. The Morgan fingerprint density at radius 3 is 1.47 bits per heavy atom. The fourth-order valence-electron chi connectivity index (χ4n) is 8.56. The van der Waals surface area contributed by atoms with E-state index in [1.165, 1.54) is 54.6 Å². The highest BCUT2D eigenvalue weighted by atomic mass is 16.3. The third kappa shape index (κ3) is 6.00. The van der Waals surface area contributed by atoms with Crippen LogP contribution < -0.4 is 4.90 Å². The van der Waals surface area contributed by atoms with E-state index in [4.69, 9.17) is 4.42 Å². The summed E-state index contributed by atoms with van der Waals surface area (Å²) in [6.45, 7) is 0. The minimum atomic E-state index is 0.869. The lowest BCUT2D eigenvalue weighted by molar-refractivity contribution is 0.632. The highest BCUT2D eigenvalue weighted by Gasteiger charge is 2.16. The molecule has 0 saturated carbocycles. The number of furan rings is 1. The Morgan fingerprint density at radius 2 is 0.759 bits per heavy atom. The number of fused-ring (bicyclic) bond motifs is 5. The maximum absolute atomic E-state index is 6.33. The summed E-state index contributed by atoms with van der Waals surface area (Å²) in [5.74, 6) is 0.869. The van der Waals surface area contributed by atoms with Gasteiger partial charge in [-0.1, -0.05) is 170 Å². The number of hydrogen-bond acceptors (Lipinski definition) is 2. The van der Waals surface area contributed by atoms with Crippen molar-refractivity contribution >= 4 is 60.3 Å². The molecular weight excluding hydrogens is 703 g/mol. The van der Waals surface area contributed by atoms with Gasteiger partial charge in [0.1, 0.15) is 11.3 Å². The minimum Gasteiger partial charge on any atom is -0.456 e. The molecule has 1 aromatic heterocycles. The van der Waals surface area contributed by atoms with Crippen LogP contribution in [0.4, 0.5) is 17.1 Å². The van der Waals surface area contributed by atoms with Crippen LogP contribution in [0.3, 0.4) is 0 Å². The van der Waals surface area contributed by atoms with Crippen LogP contribution in [0.5, 0.6) is 0 Å². The van der Waals surface area contributed by atoms with Crippen molar-refractivity contribution in [3.05, 3.63) is 224 Å². The molecule has 272 valence electrons. The van der Waals surface area contributed by atoms with Gasteiger partial charge in [-0.15, -0.1) is 0 Å². The van der Waals surface area contributed by atoms with Crippen molar-refractivity contribution in [2.45, 2.75) is 0 Å². The zero-order valence-corrected chi connectivity index (χ0v) is 31.7. The van der Waals surface area contributed by atoms with Crippen LogP contribution in [-0.4, -0.2) is 0 Å². The molecule has 58 heavy (non-hydrogen) atoms. The molecule has 10 aromatic carbocycles. The molecule has 0 atom stereocenters. The largest absolute Gasteiger partial charge is 0.456 e. The van der Waals surface area contributed by atoms with Gasteiger partial charge >= 0.3 is 0 Å². The lowest BCUT2D eigenvalue weighted by Crippen LogP contribution is -2.09. The topological polar surface area (TPSA) is 16.4 Å². The Bertz CT molecular complexity index is 3230. The molecule has 0 unspecified atom stereocenters. The van der Waals surface area contributed by atoms with Gasteiger partial charge < -0.3 is 9.32 Å². The van der Waals surface area contributed by atoms with Gasteiger partial charge in [0.15, 0.2) is 0 Å². The second-order valence-corrected chi connectivity index (χ2v) is 14.9. The number of rotatable bonds is 7. The van der Waals surface area contributed by atoms with Crippen LogP contribution >= 0.6 is 0 Å². The smallest absolute Gasteiger partial charge is 0.136 e. The average molecular weight is 740 g/mol. The lowest BCUT2D eigenvalue weighted by atomic mass is 9.96. The van der Waals surface area contributed by atoms with E-state index in [9.17, 15) is 0 Å². The first-order valence-corrected chi connectivity index (χ1v) is 19.8. The second-order valence-electron chi connectivity index (χ2n) is 14.9. The van der Waals surface area contributed by atoms with Gasteiger partial charge in [-0.05, 0) is 120 Å². The highest BCUT2D eigenvalue weighted by molar-refractivity contribution is 6.08. The summed E-state index contributed by atoms with van der Waals surface area (Å²) >= 11 is 0. The Hall–Kier alpha value is -7.68. The predicted octanol–water partition coefficient (Wildman–Crippen LogP) is 16.0. The van der Waals surface area contributed by atoms with Crippen LogP contribution in [0.25, 0.3) is 88.0 Å². The van der Waals surface area contributed by atoms with Crippen LogP contribution in [0.2, 0.25) is 0 Å². The van der Waals surface area contributed by atoms with Gasteiger partial charge in [0.05, 0.1) is 0 Å². The molecule has 11 rings (SSSR count). The van der Waals surface area contributed by atoms with Crippen molar-refractivity contribution in [2.24, 2.45) is 0 Å². The van der Waals surface area contributed by atoms with Gasteiger partial charge in [-0.3, -0.25) is 0 Å². The summed E-state index contributed by atoms with van der Waals surface area (Å²) < 4.78 is 6.33. The van der Waals surface area contributed by atoms with E-state index < -0.39 is 0 Å². The number of anilines is 3. The zero-order chi connectivity index (χ0) is 38.4. The van der Waals surface area contributed by atoms with E-state index >= 15 is 0 Å². The fourth-order valence-corrected chi connectivity index (χ4v) is 8.56. The summed E-state index contributed by atoms with van der Waals surface area (Å²) in [6.07, 6.45) is 0. The van der Waals surface area contributed by atoms with Crippen LogP contribution in [0.15, 0.2) is 229 Å². The summed E-state index contributed by atoms with van der Waals surface area (Å²) in [6, 6.07) is 80.7. The SMILES string of the molecule is c1ccc(-c2cc3ccccc3o2)c(-c2ccc(N(c3ccc(-c4ccc5c(ccc6ccccc65)c4)cc3)c3ccc(-c4cccc5ccccc45)cc3)cc2)c1. The molecule has 0 bridgehead atoms. The molecule has 2 heteroatoms. The van der Waals surface area contributed by atoms with E-state index in [0.29, 0.717) is 0 Å². The Labute approximate surface area is 337 Å². The summed E-state index contributed by atoms with van der Waals surface area (Å²) in [4.78, 5) is 2.35. The molecule has 0 N–H and O–H groups in total. The van der Waals surface area contributed by atoms with Gasteiger partial charge in [0.2, 0.25) is 0 Å². The Kier molecular flexibility index (Phi) is 8.19. The second kappa shape index (κ2) is 14.1. The monoisotopic (exact) mass is 739 g/mol. The molecule has 1 heterocycles.